The third-order valence-electron chi connectivity index (χ3n) is 2.71. The summed E-state index contributed by atoms with van der Waals surface area (Å²) in [5.41, 5.74) is 7.08. The number of anilines is 2. The summed E-state index contributed by atoms with van der Waals surface area (Å²) in [7, 11) is 0. The van der Waals surface area contributed by atoms with E-state index in [1.54, 1.807) is 18.2 Å². The van der Waals surface area contributed by atoms with E-state index in [0.29, 0.717) is 18.2 Å². The van der Waals surface area contributed by atoms with Crippen molar-refractivity contribution in [2.45, 2.75) is 20.8 Å². The fourth-order valence-electron chi connectivity index (χ4n) is 1.85. The number of rotatable bonds is 6. The average molecular weight is 328 g/mol. The lowest BCUT2D eigenvalue weighted by atomic mass is 10.2. The van der Waals surface area contributed by atoms with Crippen molar-refractivity contribution < 1.29 is 4.79 Å². The predicted octanol–water partition coefficient (Wildman–Crippen LogP) is 2.95. The fourth-order valence-corrected chi connectivity index (χ4v) is 2.34. The number of nitrogens with zero attached hydrogens (tertiary/aromatic N) is 1. The lowest BCUT2D eigenvalue weighted by molar-refractivity contribution is -0.117. The minimum absolute atomic E-state index is 0.00651. The van der Waals surface area contributed by atoms with E-state index in [1.807, 2.05) is 0 Å². The Morgan fingerprint density at radius 1 is 1.47 bits per heavy atom. The Morgan fingerprint density at radius 2 is 2.16 bits per heavy atom. The first-order chi connectivity index (χ1) is 8.92. The third kappa shape index (κ3) is 5.61. The maximum Gasteiger partial charge on any atom is 0.238 e. The molecule has 0 aliphatic heterocycles. The standard InChI is InChI=1S/C14H22BrN3O/c1-4-18(8-10(2)3)9-14(19)17-13-6-5-11(16)7-12(13)15/h5-7,10H,4,8-9,16H2,1-3H3,(H,17,19). The first-order valence-electron chi connectivity index (χ1n) is 6.49. The summed E-state index contributed by atoms with van der Waals surface area (Å²) in [5, 5.41) is 2.89. The number of halogens is 1. The molecule has 1 rings (SSSR count). The van der Waals surface area contributed by atoms with Crippen molar-refractivity contribution in [1.82, 2.24) is 4.90 Å². The van der Waals surface area contributed by atoms with Crippen LogP contribution in [-0.2, 0) is 4.79 Å². The maximum absolute atomic E-state index is 12.0. The van der Waals surface area contributed by atoms with Crippen LogP contribution < -0.4 is 11.1 Å². The molecule has 1 amide bonds. The van der Waals surface area contributed by atoms with Crippen molar-refractivity contribution >= 4 is 33.2 Å². The van der Waals surface area contributed by atoms with Gasteiger partial charge in [0.25, 0.3) is 0 Å². The van der Waals surface area contributed by atoms with E-state index in [0.717, 1.165) is 23.2 Å². The first kappa shape index (κ1) is 16.0. The van der Waals surface area contributed by atoms with Crippen LogP contribution in [0.2, 0.25) is 0 Å². The summed E-state index contributed by atoms with van der Waals surface area (Å²) in [6.07, 6.45) is 0. The van der Waals surface area contributed by atoms with Gasteiger partial charge < -0.3 is 11.1 Å². The molecule has 0 unspecified atom stereocenters. The molecule has 5 heteroatoms. The van der Waals surface area contributed by atoms with Gasteiger partial charge in [-0.3, -0.25) is 9.69 Å². The van der Waals surface area contributed by atoms with Gasteiger partial charge in [-0.15, -0.1) is 0 Å². The number of carbonyl (C=O) groups is 1. The topological polar surface area (TPSA) is 58.4 Å². The predicted molar refractivity (Wildman–Crippen MR) is 84.1 cm³/mol. The molecule has 0 aliphatic rings. The first-order valence-corrected chi connectivity index (χ1v) is 7.29. The van der Waals surface area contributed by atoms with E-state index >= 15 is 0 Å². The molecule has 0 radical (unpaired) electrons. The van der Waals surface area contributed by atoms with Crippen LogP contribution in [0.25, 0.3) is 0 Å². The highest BCUT2D eigenvalue weighted by Gasteiger charge is 2.11. The van der Waals surface area contributed by atoms with Crippen LogP contribution >= 0.6 is 15.9 Å². The zero-order valence-electron chi connectivity index (χ0n) is 11.7. The maximum atomic E-state index is 12.0. The quantitative estimate of drug-likeness (QED) is 0.790. The second-order valence-electron chi connectivity index (χ2n) is 5.01. The van der Waals surface area contributed by atoms with E-state index in [1.165, 1.54) is 0 Å². The number of amides is 1. The lowest BCUT2D eigenvalue weighted by Crippen LogP contribution is -2.35. The smallest absolute Gasteiger partial charge is 0.238 e. The Bertz CT molecular complexity index is 435. The minimum Gasteiger partial charge on any atom is -0.399 e. The van der Waals surface area contributed by atoms with Crippen LogP contribution in [0.1, 0.15) is 20.8 Å². The van der Waals surface area contributed by atoms with Crippen LogP contribution in [0.15, 0.2) is 22.7 Å². The van der Waals surface area contributed by atoms with Gasteiger partial charge in [-0.2, -0.15) is 0 Å². The number of nitrogen functional groups attached to an aromatic ring is 1. The number of hydrogen-bond acceptors (Lipinski definition) is 3. The summed E-state index contributed by atoms with van der Waals surface area (Å²) >= 11 is 3.39. The third-order valence-corrected chi connectivity index (χ3v) is 3.36. The Balaban J connectivity index is 2.59. The molecule has 0 atom stereocenters. The van der Waals surface area contributed by atoms with Crippen molar-refractivity contribution in [3.8, 4) is 0 Å². The van der Waals surface area contributed by atoms with Gasteiger partial charge in [-0.05, 0) is 46.6 Å². The van der Waals surface area contributed by atoms with E-state index in [-0.39, 0.29) is 5.91 Å². The van der Waals surface area contributed by atoms with Crippen molar-refractivity contribution in [2.24, 2.45) is 5.92 Å². The second kappa shape index (κ2) is 7.50. The Kier molecular flexibility index (Phi) is 6.31. The highest BCUT2D eigenvalue weighted by Crippen LogP contribution is 2.24. The number of benzene rings is 1. The summed E-state index contributed by atoms with van der Waals surface area (Å²) in [6, 6.07) is 5.35. The van der Waals surface area contributed by atoms with Crippen molar-refractivity contribution in [2.75, 3.05) is 30.7 Å². The molecule has 3 N–H and O–H groups in total. The van der Waals surface area contributed by atoms with E-state index in [4.69, 9.17) is 5.73 Å². The SMILES string of the molecule is CCN(CC(=O)Nc1ccc(N)cc1Br)CC(C)C. The van der Waals surface area contributed by atoms with Gasteiger partial charge in [0.05, 0.1) is 12.2 Å². The zero-order chi connectivity index (χ0) is 14.4. The van der Waals surface area contributed by atoms with Crippen LogP contribution in [-0.4, -0.2) is 30.4 Å². The molecule has 0 aromatic heterocycles. The molecule has 0 bridgehead atoms. The number of nitrogens with one attached hydrogen (secondary N) is 1. The Hall–Kier alpha value is -1.07. The average Bonchev–Trinajstić information content (AvgIpc) is 2.31. The highest BCUT2D eigenvalue weighted by atomic mass is 79.9. The molecule has 106 valence electrons. The molecule has 0 saturated carbocycles. The van der Waals surface area contributed by atoms with Gasteiger partial charge in [0.15, 0.2) is 0 Å². The Morgan fingerprint density at radius 3 is 2.68 bits per heavy atom. The van der Waals surface area contributed by atoms with Crippen molar-refractivity contribution in [3.63, 3.8) is 0 Å². The molecule has 19 heavy (non-hydrogen) atoms. The van der Waals surface area contributed by atoms with Gasteiger partial charge in [-0.1, -0.05) is 20.8 Å². The van der Waals surface area contributed by atoms with Gasteiger partial charge in [0, 0.05) is 16.7 Å². The molecule has 0 saturated heterocycles. The van der Waals surface area contributed by atoms with Gasteiger partial charge in [-0.25, -0.2) is 0 Å². The van der Waals surface area contributed by atoms with Crippen LogP contribution in [0.5, 0.6) is 0 Å². The van der Waals surface area contributed by atoms with E-state index in [2.05, 4.69) is 46.9 Å². The highest BCUT2D eigenvalue weighted by molar-refractivity contribution is 9.10. The molecule has 0 heterocycles. The zero-order valence-corrected chi connectivity index (χ0v) is 13.3. The van der Waals surface area contributed by atoms with E-state index < -0.39 is 0 Å². The molecule has 1 aromatic rings. The van der Waals surface area contributed by atoms with Crippen LogP contribution in [0.3, 0.4) is 0 Å². The molecule has 0 spiro atoms. The van der Waals surface area contributed by atoms with Crippen LogP contribution in [0, 0.1) is 5.92 Å². The molecule has 0 fully saturated rings. The summed E-state index contributed by atoms with van der Waals surface area (Å²) < 4.78 is 0.799. The summed E-state index contributed by atoms with van der Waals surface area (Å²) in [6.45, 7) is 8.57. The fraction of sp³-hybridized carbons (Fsp3) is 0.500. The number of likely N-dealkylation sites (N-methyl/N-ethyl adjacent to an activating group) is 1. The summed E-state index contributed by atoms with van der Waals surface area (Å²) in [4.78, 5) is 14.1. The van der Waals surface area contributed by atoms with Crippen molar-refractivity contribution in [3.05, 3.63) is 22.7 Å². The normalized spacial score (nSPS) is 11.1. The minimum atomic E-state index is -0.00651. The molecular weight excluding hydrogens is 306 g/mol. The molecule has 0 aliphatic carbocycles. The van der Waals surface area contributed by atoms with Gasteiger partial charge >= 0.3 is 0 Å². The Labute approximate surface area is 123 Å². The number of hydrogen-bond donors (Lipinski definition) is 2. The monoisotopic (exact) mass is 327 g/mol. The van der Waals surface area contributed by atoms with Gasteiger partial charge in [0.2, 0.25) is 5.91 Å². The lowest BCUT2D eigenvalue weighted by Gasteiger charge is -2.22. The largest absolute Gasteiger partial charge is 0.399 e. The summed E-state index contributed by atoms with van der Waals surface area (Å²) in [5.74, 6) is 0.545. The van der Waals surface area contributed by atoms with E-state index in [9.17, 15) is 4.79 Å². The molecular formula is C14H22BrN3O. The van der Waals surface area contributed by atoms with Crippen molar-refractivity contribution in [1.29, 1.82) is 0 Å². The number of carbonyl (C=O) groups excluding carboxylic acids is 1. The molecule has 1 aromatic carbocycles. The van der Waals surface area contributed by atoms with Gasteiger partial charge in [0.1, 0.15) is 0 Å². The molecule has 4 nitrogen and oxygen atoms in total. The van der Waals surface area contributed by atoms with Crippen LogP contribution in [0.4, 0.5) is 11.4 Å². The number of nitrogens with two attached hydrogens (primary N) is 1. The second-order valence-corrected chi connectivity index (χ2v) is 5.86.